The lowest BCUT2D eigenvalue weighted by Gasteiger charge is -2.16. The molecule has 20 heavy (non-hydrogen) atoms. The summed E-state index contributed by atoms with van der Waals surface area (Å²) in [5, 5.41) is 4.07. The molecule has 2 rings (SSSR count). The molecule has 108 valence electrons. The summed E-state index contributed by atoms with van der Waals surface area (Å²) in [5.41, 5.74) is 1.44. The molecule has 1 aliphatic heterocycles. The Balaban J connectivity index is 2.17. The van der Waals surface area contributed by atoms with E-state index in [1.54, 1.807) is 12.1 Å². The summed E-state index contributed by atoms with van der Waals surface area (Å²) in [4.78, 5) is 25.2. The molecule has 2 amide bonds. The molecule has 1 saturated heterocycles. The van der Waals surface area contributed by atoms with E-state index in [4.69, 9.17) is 23.2 Å². The van der Waals surface area contributed by atoms with Crippen molar-refractivity contribution in [3.05, 3.63) is 27.7 Å². The maximum absolute atomic E-state index is 12.1. The highest BCUT2D eigenvalue weighted by Crippen LogP contribution is 2.30. The second-order valence-corrected chi connectivity index (χ2v) is 5.68. The van der Waals surface area contributed by atoms with E-state index in [0.717, 1.165) is 12.0 Å². The van der Waals surface area contributed by atoms with Gasteiger partial charge in [0.25, 0.3) is 5.91 Å². The van der Waals surface area contributed by atoms with Crippen molar-refractivity contribution in [2.24, 2.45) is 0 Å². The van der Waals surface area contributed by atoms with Crippen LogP contribution in [0.15, 0.2) is 12.1 Å². The molecule has 1 heterocycles. The average Bonchev–Trinajstić information content (AvgIpc) is 2.64. The number of aryl methyl sites for hydroxylation is 1. The molecule has 0 bridgehead atoms. The molecule has 1 atom stereocenters. The third kappa shape index (κ3) is 2.91. The highest BCUT2D eigenvalue weighted by Gasteiger charge is 2.38. The molecular formula is C14H16Cl2N2O2. The van der Waals surface area contributed by atoms with Crippen LogP contribution in [0.25, 0.3) is 0 Å². The van der Waals surface area contributed by atoms with Crippen LogP contribution in [-0.4, -0.2) is 29.3 Å². The van der Waals surface area contributed by atoms with Gasteiger partial charge in [0.15, 0.2) is 0 Å². The molecule has 1 aromatic carbocycles. The number of nitrogens with one attached hydrogen (secondary N) is 1. The van der Waals surface area contributed by atoms with E-state index >= 15 is 0 Å². The van der Waals surface area contributed by atoms with Crippen molar-refractivity contribution in [1.29, 1.82) is 0 Å². The minimum Gasteiger partial charge on any atom is -0.372 e. The first-order valence-electron chi connectivity index (χ1n) is 6.50. The minimum atomic E-state index is -0.565. The number of rotatable bonds is 4. The van der Waals surface area contributed by atoms with Crippen LogP contribution in [0.1, 0.15) is 25.3 Å². The quantitative estimate of drug-likeness (QED) is 0.868. The molecule has 0 aliphatic carbocycles. The second-order valence-electron chi connectivity index (χ2n) is 4.87. The minimum absolute atomic E-state index is 0.149. The fraction of sp³-hybridized carbons (Fsp3) is 0.429. The van der Waals surface area contributed by atoms with Crippen LogP contribution in [0.5, 0.6) is 0 Å². The first-order valence-corrected chi connectivity index (χ1v) is 7.26. The molecule has 1 aliphatic rings. The number of nitrogens with zero attached hydrogens (tertiary/aromatic N) is 1. The predicted molar refractivity (Wildman–Crippen MR) is 80.2 cm³/mol. The monoisotopic (exact) mass is 314 g/mol. The molecule has 4 nitrogen and oxygen atoms in total. The van der Waals surface area contributed by atoms with Crippen molar-refractivity contribution in [3.8, 4) is 0 Å². The van der Waals surface area contributed by atoms with Gasteiger partial charge in [0.2, 0.25) is 5.91 Å². The normalized spacial score (nSPS) is 18.8. The van der Waals surface area contributed by atoms with Crippen molar-refractivity contribution < 1.29 is 9.59 Å². The number of anilines is 1. The molecule has 0 saturated carbocycles. The van der Waals surface area contributed by atoms with Crippen molar-refractivity contribution in [2.45, 2.75) is 32.7 Å². The summed E-state index contributed by atoms with van der Waals surface area (Å²) in [7, 11) is 0. The summed E-state index contributed by atoms with van der Waals surface area (Å²) in [6.07, 6.45) is 0.905. The number of carbonyl (C=O) groups excluding carboxylic acids is 2. The van der Waals surface area contributed by atoms with Crippen LogP contribution in [0.3, 0.4) is 0 Å². The lowest BCUT2D eigenvalue weighted by molar-refractivity contribution is -0.138. The van der Waals surface area contributed by atoms with Gasteiger partial charge in [0.1, 0.15) is 6.04 Å². The van der Waals surface area contributed by atoms with Gasteiger partial charge in [0.05, 0.1) is 17.1 Å². The zero-order valence-electron chi connectivity index (χ0n) is 11.4. The predicted octanol–water partition coefficient (Wildman–Crippen LogP) is 3.25. The number of imide groups is 1. The van der Waals surface area contributed by atoms with Gasteiger partial charge in [-0.15, -0.1) is 0 Å². The summed E-state index contributed by atoms with van der Waals surface area (Å²) >= 11 is 12.2. The molecule has 0 aromatic heterocycles. The van der Waals surface area contributed by atoms with Gasteiger partial charge < -0.3 is 5.32 Å². The Morgan fingerprint density at radius 1 is 1.30 bits per heavy atom. The van der Waals surface area contributed by atoms with Gasteiger partial charge in [-0.3, -0.25) is 14.5 Å². The second kappa shape index (κ2) is 6.02. The van der Waals surface area contributed by atoms with Crippen LogP contribution < -0.4 is 5.32 Å². The number of hydrogen-bond donors (Lipinski definition) is 1. The van der Waals surface area contributed by atoms with Crippen LogP contribution in [-0.2, 0) is 9.59 Å². The largest absolute Gasteiger partial charge is 0.372 e. The van der Waals surface area contributed by atoms with Crippen molar-refractivity contribution in [3.63, 3.8) is 0 Å². The van der Waals surface area contributed by atoms with Crippen LogP contribution in [0.2, 0.25) is 10.0 Å². The Morgan fingerprint density at radius 2 is 2.00 bits per heavy atom. The van der Waals surface area contributed by atoms with Gasteiger partial charge in [-0.1, -0.05) is 30.1 Å². The summed E-state index contributed by atoms with van der Waals surface area (Å²) in [5.74, 6) is -0.353. The van der Waals surface area contributed by atoms with Crippen molar-refractivity contribution in [2.75, 3.05) is 11.9 Å². The third-order valence-corrected chi connectivity index (χ3v) is 3.99. The maximum atomic E-state index is 12.1. The number of carbonyl (C=O) groups is 2. The lowest BCUT2D eigenvalue weighted by Crippen LogP contribution is -2.35. The number of amides is 2. The molecule has 6 heteroatoms. The van der Waals surface area contributed by atoms with Gasteiger partial charge in [-0.05, 0) is 31.0 Å². The van der Waals surface area contributed by atoms with E-state index in [9.17, 15) is 9.59 Å². The number of hydrogen-bond acceptors (Lipinski definition) is 3. The smallest absolute Gasteiger partial charge is 0.252 e. The third-order valence-electron chi connectivity index (χ3n) is 3.27. The fourth-order valence-corrected chi connectivity index (χ4v) is 2.64. The number of halogens is 2. The van der Waals surface area contributed by atoms with Crippen LogP contribution in [0.4, 0.5) is 5.69 Å². The molecule has 1 unspecified atom stereocenters. The van der Waals surface area contributed by atoms with Gasteiger partial charge >= 0.3 is 0 Å². The van der Waals surface area contributed by atoms with E-state index in [2.05, 4.69) is 5.32 Å². The van der Waals surface area contributed by atoms with Crippen molar-refractivity contribution >= 4 is 40.7 Å². The van der Waals surface area contributed by atoms with Crippen LogP contribution in [0, 0.1) is 6.92 Å². The number of likely N-dealkylation sites (tertiary alicyclic amines) is 1. The Bertz CT molecular complexity index is 560. The fourth-order valence-electron chi connectivity index (χ4n) is 2.20. The Hall–Kier alpha value is -1.26. The average molecular weight is 315 g/mol. The Kier molecular flexibility index (Phi) is 4.55. The Labute approximate surface area is 128 Å². The first kappa shape index (κ1) is 15.1. The lowest BCUT2D eigenvalue weighted by atomic mass is 10.2. The van der Waals surface area contributed by atoms with E-state index < -0.39 is 6.04 Å². The van der Waals surface area contributed by atoms with Gasteiger partial charge in [-0.25, -0.2) is 0 Å². The standard InChI is InChI=1S/C14H16Cl2N2O2/c1-3-4-18-13(19)7-12(14(18)20)17-11-6-9(15)8(2)5-10(11)16/h5-6,12,17H,3-4,7H2,1-2H3. The summed E-state index contributed by atoms with van der Waals surface area (Å²) in [6.45, 7) is 4.24. The van der Waals surface area contributed by atoms with Crippen LogP contribution >= 0.6 is 23.2 Å². The highest BCUT2D eigenvalue weighted by atomic mass is 35.5. The molecule has 1 fully saturated rings. The number of benzene rings is 1. The topological polar surface area (TPSA) is 49.4 Å². The summed E-state index contributed by atoms with van der Waals surface area (Å²) in [6, 6.07) is 2.85. The van der Waals surface area contributed by atoms with E-state index in [-0.39, 0.29) is 18.2 Å². The first-order chi connectivity index (χ1) is 9.43. The van der Waals surface area contributed by atoms with E-state index in [1.807, 2.05) is 13.8 Å². The molecule has 0 radical (unpaired) electrons. The maximum Gasteiger partial charge on any atom is 0.252 e. The Morgan fingerprint density at radius 3 is 2.65 bits per heavy atom. The van der Waals surface area contributed by atoms with E-state index in [0.29, 0.717) is 22.3 Å². The molecule has 1 aromatic rings. The summed E-state index contributed by atoms with van der Waals surface area (Å²) < 4.78 is 0. The SMILES string of the molecule is CCCN1C(=O)CC(Nc2cc(Cl)c(C)cc2Cl)C1=O. The van der Waals surface area contributed by atoms with Gasteiger partial charge in [0, 0.05) is 11.6 Å². The van der Waals surface area contributed by atoms with E-state index in [1.165, 1.54) is 4.90 Å². The molecule has 1 N–H and O–H groups in total. The van der Waals surface area contributed by atoms with Gasteiger partial charge in [-0.2, -0.15) is 0 Å². The zero-order chi connectivity index (χ0) is 14.9. The molecular weight excluding hydrogens is 299 g/mol. The highest BCUT2D eigenvalue weighted by molar-refractivity contribution is 6.35. The zero-order valence-corrected chi connectivity index (χ0v) is 12.9. The van der Waals surface area contributed by atoms with Crippen molar-refractivity contribution in [1.82, 2.24) is 4.90 Å². The molecule has 0 spiro atoms.